The van der Waals surface area contributed by atoms with Gasteiger partial charge in [0.25, 0.3) is 0 Å². The van der Waals surface area contributed by atoms with Crippen molar-refractivity contribution in [2.45, 2.75) is 109 Å². The Morgan fingerprint density at radius 2 is 0.225 bits per heavy atom. The summed E-state index contributed by atoms with van der Waals surface area (Å²) in [5, 5.41) is 0. The van der Waals surface area contributed by atoms with Crippen LogP contribution in [0.25, 0.3) is 0 Å². The van der Waals surface area contributed by atoms with Crippen molar-refractivity contribution >= 4 is 95.3 Å². The van der Waals surface area contributed by atoms with Crippen LogP contribution in [0.4, 0.5) is 0 Å². The van der Waals surface area contributed by atoms with Crippen LogP contribution >= 0.6 is 0 Å². The molecule has 0 fully saturated rings. The van der Waals surface area contributed by atoms with Crippen molar-refractivity contribution in [2.75, 3.05) is 395 Å². The molecule has 0 heterocycles. The van der Waals surface area contributed by atoms with Crippen molar-refractivity contribution in [3.8, 4) is 0 Å². The predicted molar refractivity (Wildman–Crippen MR) is 506 cm³/mol. The highest BCUT2D eigenvalue weighted by Crippen LogP contribution is 2.13. The fraction of sp³-hybridized carbons (Fsp3) is 0.826. The first kappa shape index (κ1) is 129. The monoisotopic (exact) mass is 1980 g/mol. The maximum Gasteiger partial charge on any atom is 0.306 e. The molecule has 0 rings (SSSR count). The summed E-state index contributed by atoms with van der Waals surface area (Å²) in [7, 11) is 20.9. The average molecular weight is 1980 g/mol. The molecule has 0 saturated heterocycles. The maximum absolute atomic E-state index is 13.4. The lowest BCUT2D eigenvalue weighted by Crippen LogP contribution is -2.47. The van der Waals surface area contributed by atoms with Gasteiger partial charge in [0.05, 0.1) is 210 Å². The Labute approximate surface area is 817 Å². The van der Waals surface area contributed by atoms with Gasteiger partial charge in [-0.15, -0.1) is 0 Å². The first-order valence-electron chi connectivity index (χ1n) is 47.4. The van der Waals surface area contributed by atoms with Gasteiger partial charge in [-0.25, -0.2) is 0 Å². The van der Waals surface area contributed by atoms with E-state index in [0.29, 0.717) is 183 Å². The molecule has 0 radical (unpaired) electrons. The minimum absolute atomic E-state index is 0.0145. The number of methoxy groups -OCH3 is 16. The van der Waals surface area contributed by atoms with Crippen molar-refractivity contribution < 1.29 is 153 Å². The van der Waals surface area contributed by atoms with Crippen LogP contribution in [0.15, 0.2) is 0 Å². The summed E-state index contributed by atoms with van der Waals surface area (Å²) in [4.78, 5) is 234. The highest BCUT2D eigenvalue weighted by molar-refractivity contribution is 5.82. The summed E-state index contributed by atoms with van der Waals surface area (Å²) in [5.74, 6) is -6.97. The summed E-state index contributed by atoms with van der Waals surface area (Å²) in [6, 6.07) is 0. The Hall–Kier alpha value is -8.88. The summed E-state index contributed by atoms with van der Waals surface area (Å²) in [5.41, 5.74) is 0. The minimum atomic E-state index is -0.474. The predicted octanol–water partition coefficient (Wildman–Crippen LogP) is -1.34. The number of unbranched alkanes of at least 4 members (excludes halogenated alkanes) is 1. The molecule has 0 bridgehead atoms. The third-order valence-corrected chi connectivity index (χ3v) is 23.6. The molecule has 798 valence electrons. The first-order valence-corrected chi connectivity index (χ1v) is 47.4. The van der Waals surface area contributed by atoms with Gasteiger partial charge in [-0.3, -0.25) is 101 Å². The van der Waals surface area contributed by atoms with E-state index >= 15 is 0 Å². The zero-order valence-electron chi connectivity index (χ0n) is 85.8. The Kier molecular flexibility index (Phi) is 78.5. The molecule has 0 aromatic heterocycles. The summed E-state index contributed by atoms with van der Waals surface area (Å²) >= 11 is 0. The normalized spacial score (nSPS) is 11.6. The molecule has 0 N–H and O–H groups in total. The second kappa shape index (κ2) is 83.9. The third-order valence-electron chi connectivity index (χ3n) is 23.6. The van der Waals surface area contributed by atoms with Crippen molar-refractivity contribution in [2.24, 2.45) is 0 Å². The fourth-order valence-corrected chi connectivity index (χ4v) is 14.4. The van der Waals surface area contributed by atoms with Crippen LogP contribution in [-0.4, -0.2) is 559 Å². The molecule has 0 aromatic rings. The van der Waals surface area contributed by atoms with Crippen LogP contribution in [-0.2, 0) is 153 Å². The molecule has 0 aliphatic carbocycles. The van der Waals surface area contributed by atoms with E-state index in [-0.39, 0.29) is 213 Å². The summed E-state index contributed by atoms with van der Waals surface area (Å²) < 4.78 is 80.9. The molecule has 138 heavy (non-hydrogen) atoms. The summed E-state index contributed by atoms with van der Waals surface area (Å²) in [6.45, 7) is 14.0. The van der Waals surface area contributed by atoms with Gasteiger partial charge in [-0.2, -0.15) is 0 Å². The van der Waals surface area contributed by atoms with Crippen molar-refractivity contribution in [3.05, 3.63) is 0 Å². The number of carbonyl (C=O) groups is 16. The number of Topliss-reactive ketones (excluding diaryl/α,β-unsaturated/α-hetero) is 1. The molecule has 0 aliphatic rings. The standard InChI is InChI=1S/C92H168N14O32/c1-123-76-77(107)75-106(50-33-92(122)138-16)74-73-105(72-61-101(48-31-90(120)136-14)49-32-91(121)137-15)65-54-94(53-64-104(70-59-99(44-27-86(116)132-10)45-28-87(117)133-11)71-60-100(46-29-88(118)134-12)47-30-89(119)135-13)35-18-17-34-93(51-62-102(66-55-95(36-19-78(108)124-2)37-20-79(109)125-3)67-56-96(38-21-80(110)126-4)39-22-81(111)127-5)52-63-103(68-57-97(40-23-82(112)128-6)41-24-83(113)129-7)69-58-98(42-25-84(114)130-8)43-26-85(115)131-9/h17-76H2,1-16H3. The number of ether oxygens (including phenoxy) is 16. The lowest BCUT2D eigenvalue weighted by molar-refractivity contribution is -0.143. The van der Waals surface area contributed by atoms with E-state index < -0.39 is 89.5 Å². The topological polar surface area (TPSA) is 466 Å². The fourth-order valence-electron chi connectivity index (χ4n) is 14.4. The minimum Gasteiger partial charge on any atom is -0.469 e. The number of nitrogens with zero attached hydrogens (tertiary/aromatic N) is 14. The second-order valence-corrected chi connectivity index (χ2v) is 32.8. The smallest absolute Gasteiger partial charge is 0.306 e. The zero-order chi connectivity index (χ0) is 103. The number of hydrogen-bond acceptors (Lipinski definition) is 46. The van der Waals surface area contributed by atoms with Crippen molar-refractivity contribution in [1.29, 1.82) is 0 Å². The van der Waals surface area contributed by atoms with Crippen LogP contribution < -0.4 is 0 Å². The quantitative estimate of drug-likeness (QED) is 0.0386. The Morgan fingerprint density at radius 3 is 0.333 bits per heavy atom. The van der Waals surface area contributed by atoms with Gasteiger partial charge < -0.3 is 120 Å². The lowest BCUT2D eigenvalue weighted by Gasteiger charge is -2.34. The SMILES string of the molecule is COCC(=O)CN(CCC(=O)OC)CCN(CCN(CCC(=O)OC)CCC(=O)OC)CCN(CCCCN(CCN(CCN(CCC(=O)OC)CCC(=O)OC)CCN(CCC(=O)OC)CCC(=O)OC)CCN(CCN(CCC(=O)OC)CCC(=O)OC)CCN(CCC(=O)OC)CCC(=O)OC)CCN(CCN(CCC(=O)OC)CCC(=O)OC)CCN(CCC(=O)OC)CCC(=O)OC. The van der Waals surface area contributed by atoms with Gasteiger partial charge in [0.1, 0.15) is 6.61 Å². The molecule has 0 aliphatic heterocycles. The zero-order valence-corrected chi connectivity index (χ0v) is 85.8. The molecule has 0 unspecified atom stereocenters. The largest absolute Gasteiger partial charge is 0.469 e. The number of carbonyl (C=O) groups excluding carboxylic acids is 16. The Morgan fingerprint density at radius 1 is 0.130 bits per heavy atom. The van der Waals surface area contributed by atoms with Crippen LogP contribution in [0, 0.1) is 0 Å². The second-order valence-electron chi connectivity index (χ2n) is 32.8. The Bertz CT molecular complexity index is 3030. The van der Waals surface area contributed by atoms with E-state index in [2.05, 4.69) is 29.4 Å². The average Bonchev–Trinajstić information content (AvgIpc) is 0.904. The van der Waals surface area contributed by atoms with Crippen LogP contribution in [0.1, 0.15) is 109 Å². The van der Waals surface area contributed by atoms with Crippen molar-refractivity contribution in [1.82, 2.24) is 68.6 Å². The molecule has 0 amide bonds. The summed E-state index contributed by atoms with van der Waals surface area (Å²) in [6.07, 6.45) is 1.55. The van der Waals surface area contributed by atoms with Crippen molar-refractivity contribution in [3.63, 3.8) is 0 Å². The van der Waals surface area contributed by atoms with Crippen LogP contribution in [0.2, 0.25) is 0 Å². The molecule has 0 saturated carbocycles. The van der Waals surface area contributed by atoms with Gasteiger partial charge in [0.2, 0.25) is 0 Å². The lowest BCUT2D eigenvalue weighted by atomic mass is 10.2. The third kappa shape index (κ3) is 69.9. The molecule has 46 nitrogen and oxygen atoms in total. The molecule has 0 aromatic carbocycles. The number of hydrogen-bond donors (Lipinski definition) is 0. The highest BCUT2D eigenvalue weighted by Gasteiger charge is 2.26. The van der Waals surface area contributed by atoms with E-state index in [9.17, 15) is 76.7 Å². The highest BCUT2D eigenvalue weighted by atomic mass is 16.6. The Balaban J connectivity index is 9.40. The van der Waals surface area contributed by atoms with Crippen LogP contribution in [0.5, 0.6) is 0 Å². The van der Waals surface area contributed by atoms with Gasteiger partial charge in [0.15, 0.2) is 5.78 Å². The van der Waals surface area contributed by atoms with Crippen LogP contribution in [0.3, 0.4) is 0 Å². The molecular formula is C92H168N14O32. The number of esters is 15. The molecule has 0 atom stereocenters. The van der Waals surface area contributed by atoms with Gasteiger partial charge in [-0.05, 0) is 25.9 Å². The van der Waals surface area contributed by atoms with E-state index in [1.54, 1.807) is 0 Å². The van der Waals surface area contributed by atoms with Gasteiger partial charge in [-0.1, -0.05) is 0 Å². The van der Waals surface area contributed by atoms with E-state index in [1.165, 1.54) is 114 Å². The molecule has 0 spiro atoms. The van der Waals surface area contributed by atoms with Gasteiger partial charge >= 0.3 is 89.5 Å². The van der Waals surface area contributed by atoms with E-state index in [4.69, 9.17) is 75.8 Å². The molecular weight excluding hydrogens is 1810 g/mol. The molecule has 46 heteroatoms. The van der Waals surface area contributed by atoms with E-state index in [1.807, 2.05) is 39.2 Å². The maximum atomic E-state index is 13.4. The number of rotatable bonds is 90. The van der Waals surface area contributed by atoms with Gasteiger partial charge in [0, 0.05) is 262 Å². The first-order chi connectivity index (χ1) is 66.3. The van der Waals surface area contributed by atoms with E-state index in [0.717, 1.165) is 0 Å². The number of ketones is 1.